The molecular weight excluding hydrogens is 260 g/mol. The van der Waals surface area contributed by atoms with Crippen molar-refractivity contribution in [2.75, 3.05) is 13.1 Å². The van der Waals surface area contributed by atoms with Crippen LogP contribution in [0.2, 0.25) is 0 Å². The highest BCUT2D eigenvalue weighted by Gasteiger charge is 2.30. The zero-order valence-electron chi connectivity index (χ0n) is 13.7. The number of nitrogens with zero attached hydrogens (tertiary/aromatic N) is 1. The fraction of sp³-hybridized carbons (Fsp3) is 0.611. The van der Waals surface area contributed by atoms with Crippen LogP contribution in [0.5, 0.6) is 0 Å². The third-order valence-electron chi connectivity index (χ3n) is 4.15. The minimum absolute atomic E-state index is 0.115. The molecule has 3 nitrogen and oxygen atoms in total. The van der Waals surface area contributed by atoms with Crippen molar-refractivity contribution in [1.29, 1.82) is 0 Å². The third-order valence-corrected chi connectivity index (χ3v) is 4.15. The SMILES string of the molecule is CC(c1ccccc1)N1CCCC(C(=O)NC(C)(C)C)C1. The van der Waals surface area contributed by atoms with Crippen molar-refractivity contribution in [2.24, 2.45) is 5.92 Å². The van der Waals surface area contributed by atoms with Gasteiger partial charge in [-0.1, -0.05) is 30.3 Å². The van der Waals surface area contributed by atoms with Crippen LogP contribution < -0.4 is 5.32 Å². The van der Waals surface area contributed by atoms with Gasteiger partial charge in [0.15, 0.2) is 0 Å². The lowest BCUT2D eigenvalue weighted by atomic mass is 9.93. The quantitative estimate of drug-likeness (QED) is 0.925. The van der Waals surface area contributed by atoms with Crippen LogP contribution in [0.3, 0.4) is 0 Å². The average Bonchev–Trinajstić information content (AvgIpc) is 2.46. The minimum Gasteiger partial charge on any atom is -0.351 e. The topological polar surface area (TPSA) is 32.3 Å². The van der Waals surface area contributed by atoms with Gasteiger partial charge in [0.25, 0.3) is 0 Å². The first kappa shape index (κ1) is 16.0. The molecule has 2 unspecified atom stereocenters. The van der Waals surface area contributed by atoms with Crippen LogP contribution in [0.4, 0.5) is 0 Å². The second kappa shape index (κ2) is 6.61. The predicted octanol–water partition coefficient (Wildman–Crippen LogP) is 3.37. The summed E-state index contributed by atoms with van der Waals surface area (Å²) in [5, 5.41) is 3.12. The highest BCUT2D eigenvalue weighted by atomic mass is 16.2. The van der Waals surface area contributed by atoms with Crippen molar-refractivity contribution in [3.8, 4) is 0 Å². The monoisotopic (exact) mass is 288 g/mol. The Balaban J connectivity index is 1.99. The number of hydrogen-bond donors (Lipinski definition) is 1. The molecule has 0 radical (unpaired) electrons. The first-order chi connectivity index (χ1) is 9.87. The summed E-state index contributed by atoms with van der Waals surface area (Å²) >= 11 is 0. The average molecular weight is 288 g/mol. The molecule has 1 heterocycles. The lowest BCUT2D eigenvalue weighted by molar-refractivity contribution is -0.128. The number of hydrogen-bond acceptors (Lipinski definition) is 2. The van der Waals surface area contributed by atoms with Gasteiger partial charge in [0.1, 0.15) is 0 Å². The molecule has 116 valence electrons. The van der Waals surface area contributed by atoms with Gasteiger partial charge in [-0.15, -0.1) is 0 Å². The molecule has 21 heavy (non-hydrogen) atoms. The Morgan fingerprint density at radius 1 is 1.29 bits per heavy atom. The van der Waals surface area contributed by atoms with Gasteiger partial charge in [0.2, 0.25) is 5.91 Å². The molecule has 1 saturated heterocycles. The largest absolute Gasteiger partial charge is 0.351 e. The van der Waals surface area contributed by atoms with Crippen LogP contribution in [0.15, 0.2) is 30.3 Å². The van der Waals surface area contributed by atoms with Crippen LogP contribution in [0.1, 0.15) is 52.1 Å². The Bertz CT molecular complexity index is 464. The molecule has 1 N–H and O–H groups in total. The van der Waals surface area contributed by atoms with E-state index in [1.165, 1.54) is 5.56 Å². The maximum Gasteiger partial charge on any atom is 0.224 e. The van der Waals surface area contributed by atoms with Gasteiger partial charge in [0.05, 0.1) is 5.92 Å². The van der Waals surface area contributed by atoms with E-state index in [1.54, 1.807) is 0 Å². The van der Waals surface area contributed by atoms with Crippen molar-refractivity contribution in [3.05, 3.63) is 35.9 Å². The molecule has 0 aromatic heterocycles. The molecule has 2 atom stereocenters. The van der Waals surface area contributed by atoms with E-state index in [0.29, 0.717) is 6.04 Å². The molecule has 3 heteroatoms. The van der Waals surface area contributed by atoms with E-state index in [0.717, 1.165) is 25.9 Å². The summed E-state index contributed by atoms with van der Waals surface area (Å²) in [5.74, 6) is 0.316. The maximum absolute atomic E-state index is 12.4. The lowest BCUT2D eigenvalue weighted by Gasteiger charge is -2.37. The van der Waals surface area contributed by atoms with Crippen molar-refractivity contribution in [2.45, 2.75) is 52.1 Å². The number of benzene rings is 1. The van der Waals surface area contributed by atoms with Gasteiger partial charge in [0, 0.05) is 18.1 Å². The highest BCUT2D eigenvalue weighted by molar-refractivity contribution is 5.79. The van der Waals surface area contributed by atoms with E-state index in [-0.39, 0.29) is 17.4 Å². The minimum atomic E-state index is -0.148. The Morgan fingerprint density at radius 3 is 2.57 bits per heavy atom. The van der Waals surface area contributed by atoms with Crippen LogP contribution in [-0.2, 0) is 4.79 Å². The fourth-order valence-electron chi connectivity index (χ4n) is 2.99. The normalized spacial score (nSPS) is 21.8. The van der Waals surface area contributed by atoms with E-state index in [9.17, 15) is 4.79 Å². The number of nitrogens with one attached hydrogen (secondary N) is 1. The number of likely N-dealkylation sites (tertiary alicyclic amines) is 1. The smallest absolute Gasteiger partial charge is 0.224 e. The van der Waals surface area contributed by atoms with Crippen molar-refractivity contribution in [1.82, 2.24) is 10.2 Å². The van der Waals surface area contributed by atoms with E-state index >= 15 is 0 Å². The summed E-state index contributed by atoms with van der Waals surface area (Å²) in [4.78, 5) is 14.8. The molecule has 1 aliphatic heterocycles. The molecule has 1 fully saturated rings. The molecule has 1 aromatic carbocycles. The highest BCUT2D eigenvalue weighted by Crippen LogP contribution is 2.26. The molecule has 1 aliphatic rings. The standard InChI is InChI=1S/C18H28N2O/c1-14(15-9-6-5-7-10-15)20-12-8-11-16(13-20)17(21)19-18(2,3)4/h5-7,9-10,14,16H,8,11-13H2,1-4H3,(H,19,21). The Kier molecular flexibility index (Phi) is 5.04. The molecule has 0 aliphatic carbocycles. The third kappa shape index (κ3) is 4.57. The van der Waals surface area contributed by atoms with Crippen LogP contribution in [-0.4, -0.2) is 29.4 Å². The molecule has 1 aromatic rings. The van der Waals surface area contributed by atoms with Crippen molar-refractivity contribution >= 4 is 5.91 Å². The predicted molar refractivity (Wildman–Crippen MR) is 87.0 cm³/mol. The van der Waals surface area contributed by atoms with Gasteiger partial charge in [-0.3, -0.25) is 9.69 Å². The summed E-state index contributed by atoms with van der Waals surface area (Å²) in [7, 11) is 0. The van der Waals surface area contributed by atoms with Crippen molar-refractivity contribution < 1.29 is 4.79 Å². The van der Waals surface area contributed by atoms with Crippen LogP contribution in [0.25, 0.3) is 0 Å². The number of carbonyl (C=O) groups excluding carboxylic acids is 1. The summed E-state index contributed by atoms with van der Waals surface area (Å²) in [5.41, 5.74) is 1.18. The van der Waals surface area contributed by atoms with Gasteiger partial charge in [-0.25, -0.2) is 0 Å². The molecule has 2 rings (SSSR count). The van der Waals surface area contributed by atoms with Gasteiger partial charge in [-0.2, -0.15) is 0 Å². The Morgan fingerprint density at radius 2 is 1.95 bits per heavy atom. The van der Waals surface area contributed by atoms with Gasteiger partial charge >= 0.3 is 0 Å². The molecule has 0 saturated carbocycles. The van der Waals surface area contributed by atoms with Crippen LogP contribution in [0, 0.1) is 5.92 Å². The summed E-state index contributed by atoms with van der Waals surface area (Å²) in [6.07, 6.45) is 2.10. The van der Waals surface area contributed by atoms with Crippen LogP contribution >= 0.6 is 0 Å². The number of carbonyl (C=O) groups is 1. The van der Waals surface area contributed by atoms with Gasteiger partial charge < -0.3 is 5.32 Å². The van der Waals surface area contributed by atoms with Crippen molar-refractivity contribution in [3.63, 3.8) is 0 Å². The first-order valence-electron chi connectivity index (χ1n) is 7.98. The number of piperidine rings is 1. The van der Waals surface area contributed by atoms with Gasteiger partial charge in [-0.05, 0) is 52.6 Å². The summed E-state index contributed by atoms with van der Waals surface area (Å²) < 4.78 is 0. The second-order valence-corrected chi connectivity index (χ2v) is 7.16. The number of rotatable bonds is 3. The molecule has 0 spiro atoms. The van der Waals surface area contributed by atoms with E-state index in [1.807, 2.05) is 26.8 Å². The molecular formula is C18H28N2O. The number of amides is 1. The zero-order valence-corrected chi connectivity index (χ0v) is 13.7. The zero-order chi connectivity index (χ0) is 15.5. The van der Waals surface area contributed by atoms with E-state index in [4.69, 9.17) is 0 Å². The maximum atomic E-state index is 12.4. The fourth-order valence-corrected chi connectivity index (χ4v) is 2.99. The Labute approximate surface area is 128 Å². The lowest BCUT2D eigenvalue weighted by Crippen LogP contribution is -2.49. The Hall–Kier alpha value is -1.35. The summed E-state index contributed by atoms with van der Waals surface area (Å²) in [6.45, 7) is 10.3. The molecule has 0 bridgehead atoms. The summed E-state index contributed by atoms with van der Waals surface area (Å²) in [6, 6.07) is 10.9. The van der Waals surface area contributed by atoms with E-state index in [2.05, 4.69) is 41.4 Å². The molecule has 1 amide bonds. The second-order valence-electron chi connectivity index (χ2n) is 7.16. The van der Waals surface area contributed by atoms with E-state index < -0.39 is 0 Å². The first-order valence-corrected chi connectivity index (χ1v) is 7.98.